The van der Waals surface area contributed by atoms with Gasteiger partial charge in [0.05, 0.1) is 6.61 Å². The maximum absolute atomic E-state index is 5.77. The van der Waals surface area contributed by atoms with E-state index in [0.717, 1.165) is 24.9 Å². The summed E-state index contributed by atoms with van der Waals surface area (Å²) in [5, 5.41) is 1.40. The zero-order chi connectivity index (χ0) is 11.4. The fraction of sp³-hybridized carbons (Fsp3) is 1.00. The van der Waals surface area contributed by atoms with Gasteiger partial charge in [-0.05, 0) is 12.8 Å². The van der Waals surface area contributed by atoms with Crippen LogP contribution in [0.5, 0.6) is 0 Å². The van der Waals surface area contributed by atoms with Crippen molar-refractivity contribution >= 4 is 23.5 Å². The predicted molar refractivity (Wildman–Crippen MR) is 72.8 cm³/mol. The Bertz CT molecular complexity index is 210. The molecule has 2 aliphatic rings. The van der Waals surface area contributed by atoms with Crippen molar-refractivity contribution in [3.8, 4) is 0 Å². The van der Waals surface area contributed by atoms with Gasteiger partial charge in [-0.15, -0.1) is 0 Å². The van der Waals surface area contributed by atoms with Crippen LogP contribution in [0.2, 0.25) is 0 Å². The molecule has 3 nitrogen and oxygen atoms in total. The first-order valence-electron chi connectivity index (χ1n) is 6.14. The summed E-state index contributed by atoms with van der Waals surface area (Å²) in [6.07, 6.45) is 2.40. The van der Waals surface area contributed by atoms with Crippen molar-refractivity contribution in [1.82, 2.24) is 5.43 Å². The summed E-state index contributed by atoms with van der Waals surface area (Å²) in [6.45, 7) is 4.08. The minimum atomic E-state index is 0.422. The third-order valence-corrected chi connectivity index (χ3v) is 6.89. The van der Waals surface area contributed by atoms with Gasteiger partial charge in [0, 0.05) is 40.6 Å². The van der Waals surface area contributed by atoms with Gasteiger partial charge >= 0.3 is 0 Å². The summed E-state index contributed by atoms with van der Waals surface area (Å²) in [4.78, 5) is 0. The number of nitrogens with one attached hydrogen (secondary N) is 1. The van der Waals surface area contributed by atoms with E-state index < -0.39 is 0 Å². The number of rotatable bonds is 4. The Morgan fingerprint density at radius 3 is 2.88 bits per heavy atom. The van der Waals surface area contributed by atoms with E-state index in [2.05, 4.69) is 35.9 Å². The second kappa shape index (κ2) is 6.50. The van der Waals surface area contributed by atoms with Crippen LogP contribution in [0, 0.1) is 5.92 Å². The Hall–Kier alpha value is 0.580. The molecule has 2 fully saturated rings. The second-order valence-corrected chi connectivity index (χ2v) is 7.10. The SMILES string of the molecule is CCC1SCCSC1C(NN)C1CCOC1. The molecule has 2 aliphatic heterocycles. The highest BCUT2D eigenvalue weighted by Crippen LogP contribution is 2.38. The molecule has 2 heterocycles. The quantitative estimate of drug-likeness (QED) is 0.594. The summed E-state index contributed by atoms with van der Waals surface area (Å²) < 4.78 is 5.49. The zero-order valence-corrected chi connectivity index (χ0v) is 11.5. The molecule has 0 bridgehead atoms. The number of ether oxygens (including phenoxy) is 1. The van der Waals surface area contributed by atoms with E-state index in [1.54, 1.807) is 0 Å². The lowest BCUT2D eigenvalue weighted by molar-refractivity contribution is 0.176. The van der Waals surface area contributed by atoms with E-state index in [9.17, 15) is 0 Å². The molecule has 16 heavy (non-hydrogen) atoms. The smallest absolute Gasteiger partial charge is 0.0510 e. The zero-order valence-electron chi connectivity index (χ0n) is 9.85. The first-order valence-corrected chi connectivity index (χ1v) is 8.23. The van der Waals surface area contributed by atoms with E-state index >= 15 is 0 Å². The summed E-state index contributed by atoms with van der Waals surface area (Å²) in [7, 11) is 0. The molecule has 4 unspecified atom stereocenters. The topological polar surface area (TPSA) is 47.3 Å². The molecule has 0 saturated carbocycles. The normalized spacial score (nSPS) is 37.5. The lowest BCUT2D eigenvalue weighted by atomic mass is 9.94. The largest absolute Gasteiger partial charge is 0.381 e. The Kier molecular flexibility index (Phi) is 5.29. The van der Waals surface area contributed by atoms with Gasteiger partial charge in [-0.25, -0.2) is 0 Å². The number of hydrogen-bond donors (Lipinski definition) is 2. The third-order valence-electron chi connectivity index (χ3n) is 3.51. The highest BCUT2D eigenvalue weighted by Gasteiger charge is 2.37. The molecule has 5 heteroatoms. The lowest BCUT2D eigenvalue weighted by Gasteiger charge is -2.37. The second-order valence-electron chi connectivity index (χ2n) is 4.47. The molecule has 3 N–H and O–H groups in total. The van der Waals surface area contributed by atoms with Crippen LogP contribution in [0.15, 0.2) is 0 Å². The fourth-order valence-corrected chi connectivity index (χ4v) is 5.93. The number of nitrogens with two attached hydrogens (primary N) is 1. The third kappa shape index (κ3) is 2.88. The lowest BCUT2D eigenvalue weighted by Crippen LogP contribution is -2.52. The van der Waals surface area contributed by atoms with Gasteiger partial charge in [0.15, 0.2) is 0 Å². The van der Waals surface area contributed by atoms with Crippen molar-refractivity contribution in [3.63, 3.8) is 0 Å². The molecule has 0 aliphatic carbocycles. The maximum Gasteiger partial charge on any atom is 0.0510 e. The Morgan fingerprint density at radius 2 is 2.25 bits per heavy atom. The first-order chi connectivity index (χ1) is 7.86. The van der Waals surface area contributed by atoms with Gasteiger partial charge in [-0.1, -0.05) is 6.92 Å². The predicted octanol–water partition coefficient (Wildman–Crippen LogP) is 1.48. The highest BCUT2D eigenvalue weighted by molar-refractivity contribution is 8.07. The van der Waals surface area contributed by atoms with Crippen LogP contribution in [0.3, 0.4) is 0 Å². The van der Waals surface area contributed by atoms with Crippen molar-refractivity contribution in [2.24, 2.45) is 11.8 Å². The Labute approximate surface area is 107 Å². The molecule has 2 rings (SSSR count). The van der Waals surface area contributed by atoms with Crippen LogP contribution < -0.4 is 11.3 Å². The first kappa shape index (κ1) is 13.0. The van der Waals surface area contributed by atoms with Gasteiger partial charge in [-0.3, -0.25) is 11.3 Å². The van der Waals surface area contributed by atoms with Crippen molar-refractivity contribution in [2.75, 3.05) is 24.7 Å². The average Bonchev–Trinajstić information content (AvgIpc) is 2.84. The van der Waals surface area contributed by atoms with Crippen LogP contribution >= 0.6 is 23.5 Å². The summed E-state index contributed by atoms with van der Waals surface area (Å²) in [5.74, 6) is 8.93. The van der Waals surface area contributed by atoms with Crippen LogP contribution in [-0.4, -0.2) is 41.3 Å². The molecule has 0 aromatic carbocycles. The van der Waals surface area contributed by atoms with Crippen LogP contribution in [-0.2, 0) is 4.74 Å². The van der Waals surface area contributed by atoms with Crippen molar-refractivity contribution in [2.45, 2.75) is 36.3 Å². The summed E-state index contributed by atoms with van der Waals surface area (Å²) in [5.41, 5.74) is 3.06. The van der Waals surface area contributed by atoms with Gasteiger partial charge in [0.25, 0.3) is 0 Å². The number of hydrogen-bond acceptors (Lipinski definition) is 5. The fourth-order valence-electron chi connectivity index (χ4n) is 2.61. The Balaban J connectivity index is 1.99. The minimum absolute atomic E-state index is 0.422. The van der Waals surface area contributed by atoms with E-state index in [4.69, 9.17) is 10.6 Å². The summed E-state index contributed by atoms with van der Waals surface area (Å²) in [6, 6.07) is 0.422. The number of thioether (sulfide) groups is 2. The molecular formula is C11H22N2OS2. The molecule has 0 spiro atoms. The van der Waals surface area contributed by atoms with Gasteiger partial charge in [0.1, 0.15) is 0 Å². The van der Waals surface area contributed by atoms with E-state index in [0.29, 0.717) is 17.2 Å². The van der Waals surface area contributed by atoms with Gasteiger partial charge in [-0.2, -0.15) is 23.5 Å². The van der Waals surface area contributed by atoms with Crippen LogP contribution in [0.4, 0.5) is 0 Å². The van der Waals surface area contributed by atoms with Gasteiger partial charge in [0.2, 0.25) is 0 Å². The molecule has 4 atom stereocenters. The molecule has 2 saturated heterocycles. The molecule has 0 radical (unpaired) electrons. The molecule has 0 aromatic rings. The van der Waals surface area contributed by atoms with Crippen LogP contribution in [0.25, 0.3) is 0 Å². The monoisotopic (exact) mass is 262 g/mol. The van der Waals surface area contributed by atoms with E-state index in [-0.39, 0.29) is 0 Å². The van der Waals surface area contributed by atoms with Crippen LogP contribution in [0.1, 0.15) is 19.8 Å². The van der Waals surface area contributed by atoms with Crippen molar-refractivity contribution < 1.29 is 4.74 Å². The molecule has 0 amide bonds. The van der Waals surface area contributed by atoms with Crippen molar-refractivity contribution in [1.29, 1.82) is 0 Å². The van der Waals surface area contributed by atoms with E-state index in [1.165, 1.54) is 17.9 Å². The van der Waals surface area contributed by atoms with Crippen molar-refractivity contribution in [3.05, 3.63) is 0 Å². The molecular weight excluding hydrogens is 240 g/mol. The standard InChI is InChI=1S/C11H22N2OS2/c1-2-9-11(16-6-5-15-9)10(13-12)8-3-4-14-7-8/h8-11,13H,2-7,12H2,1H3. The minimum Gasteiger partial charge on any atom is -0.381 e. The van der Waals surface area contributed by atoms with Gasteiger partial charge < -0.3 is 4.74 Å². The maximum atomic E-state index is 5.77. The average molecular weight is 262 g/mol. The highest BCUT2D eigenvalue weighted by atomic mass is 32.2. The number of hydrazine groups is 1. The molecule has 0 aromatic heterocycles. The molecule has 94 valence electrons. The Morgan fingerprint density at radius 1 is 1.44 bits per heavy atom. The van der Waals surface area contributed by atoms with E-state index in [1.807, 2.05) is 0 Å². The summed E-state index contributed by atoms with van der Waals surface area (Å²) >= 11 is 4.21.